The molecule has 0 aliphatic carbocycles. The maximum Gasteiger partial charge on any atom is 0.0953 e. The summed E-state index contributed by atoms with van der Waals surface area (Å²) >= 11 is 1.77. The van der Waals surface area contributed by atoms with E-state index in [-0.39, 0.29) is 7.43 Å². The molecule has 0 aliphatic rings. The van der Waals surface area contributed by atoms with E-state index in [1.165, 1.54) is 10.7 Å². The summed E-state index contributed by atoms with van der Waals surface area (Å²) in [4.78, 5) is 4.45. The van der Waals surface area contributed by atoms with E-state index >= 15 is 0 Å². The monoisotopic (exact) mass is 201 g/mol. The molecule has 78 valence electrons. The Kier molecular flexibility index (Phi) is 9.58. The van der Waals surface area contributed by atoms with Gasteiger partial charge in [0.15, 0.2) is 0 Å². The second-order valence-corrected chi connectivity index (χ2v) is 3.58. The molecule has 1 aromatic heterocycles. The van der Waals surface area contributed by atoms with Gasteiger partial charge in [0.2, 0.25) is 0 Å². The summed E-state index contributed by atoms with van der Waals surface area (Å²) < 4.78 is 0. The molecular formula is C11H23NS. The first-order valence-corrected chi connectivity index (χ1v) is 5.56. The fraction of sp³-hybridized carbons (Fsp3) is 0.727. The number of aryl methyl sites for hydroxylation is 1. The van der Waals surface area contributed by atoms with E-state index < -0.39 is 0 Å². The SMILES string of the molecule is C.CC.CCc1csc(C(C)C)n1. The molecule has 1 heterocycles. The van der Waals surface area contributed by atoms with Crippen LogP contribution in [0.25, 0.3) is 0 Å². The molecule has 1 nitrogen and oxygen atoms in total. The molecule has 0 saturated carbocycles. The van der Waals surface area contributed by atoms with Crippen LogP contribution in [0.15, 0.2) is 5.38 Å². The van der Waals surface area contributed by atoms with Crippen LogP contribution in [-0.2, 0) is 6.42 Å². The molecule has 0 aliphatic heterocycles. The van der Waals surface area contributed by atoms with Crippen molar-refractivity contribution in [1.29, 1.82) is 0 Å². The van der Waals surface area contributed by atoms with Gasteiger partial charge in [-0.3, -0.25) is 0 Å². The van der Waals surface area contributed by atoms with Crippen LogP contribution in [0.5, 0.6) is 0 Å². The molecule has 0 amide bonds. The third-order valence-electron chi connectivity index (χ3n) is 1.43. The summed E-state index contributed by atoms with van der Waals surface area (Å²) in [5.41, 5.74) is 1.23. The van der Waals surface area contributed by atoms with Crippen LogP contribution >= 0.6 is 11.3 Å². The minimum atomic E-state index is 0. The zero-order chi connectivity index (χ0) is 9.56. The third-order valence-corrected chi connectivity index (χ3v) is 2.62. The van der Waals surface area contributed by atoms with E-state index in [1.54, 1.807) is 11.3 Å². The Bertz CT molecular complexity index is 204. The highest BCUT2D eigenvalue weighted by molar-refractivity contribution is 7.09. The highest BCUT2D eigenvalue weighted by Gasteiger charge is 2.02. The second-order valence-electron chi connectivity index (χ2n) is 2.69. The van der Waals surface area contributed by atoms with Crippen molar-refractivity contribution in [3.63, 3.8) is 0 Å². The average molecular weight is 201 g/mol. The van der Waals surface area contributed by atoms with Crippen molar-refractivity contribution < 1.29 is 0 Å². The zero-order valence-corrected chi connectivity index (χ0v) is 9.53. The Hall–Kier alpha value is -0.370. The minimum Gasteiger partial charge on any atom is -0.246 e. The molecule has 0 aromatic carbocycles. The number of thiazole rings is 1. The maximum atomic E-state index is 4.45. The molecular weight excluding hydrogens is 178 g/mol. The second kappa shape index (κ2) is 8.24. The van der Waals surface area contributed by atoms with Crippen LogP contribution in [0.4, 0.5) is 0 Å². The average Bonchev–Trinajstić information content (AvgIpc) is 2.55. The molecule has 0 bridgehead atoms. The largest absolute Gasteiger partial charge is 0.246 e. The molecule has 0 N–H and O–H groups in total. The Morgan fingerprint density at radius 2 is 1.92 bits per heavy atom. The molecule has 0 atom stereocenters. The van der Waals surface area contributed by atoms with Crippen LogP contribution in [0.3, 0.4) is 0 Å². The van der Waals surface area contributed by atoms with Gasteiger partial charge in [-0.2, -0.15) is 0 Å². The van der Waals surface area contributed by atoms with E-state index in [2.05, 4.69) is 31.1 Å². The summed E-state index contributed by atoms with van der Waals surface area (Å²) in [7, 11) is 0. The number of aromatic nitrogens is 1. The Morgan fingerprint density at radius 1 is 1.38 bits per heavy atom. The van der Waals surface area contributed by atoms with Crippen molar-refractivity contribution in [1.82, 2.24) is 4.98 Å². The Labute approximate surface area is 87.2 Å². The van der Waals surface area contributed by atoms with Crippen molar-refractivity contribution >= 4 is 11.3 Å². The van der Waals surface area contributed by atoms with E-state index in [1.807, 2.05) is 13.8 Å². The normalized spacial score (nSPS) is 8.77. The predicted octanol–water partition coefficient (Wildman–Crippen LogP) is 4.49. The molecule has 0 fully saturated rings. The smallest absolute Gasteiger partial charge is 0.0953 e. The van der Waals surface area contributed by atoms with Crippen LogP contribution in [0, 0.1) is 0 Å². The summed E-state index contributed by atoms with van der Waals surface area (Å²) in [5.74, 6) is 0.588. The van der Waals surface area contributed by atoms with Gasteiger partial charge in [0.25, 0.3) is 0 Å². The minimum absolute atomic E-state index is 0. The highest BCUT2D eigenvalue weighted by atomic mass is 32.1. The van der Waals surface area contributed by atoms with Crippen molar-refractivity contribution in [3.05, 3.63) is 16.1 Å². The van der Waals surface area contributed by atoms with E-state index in [4.69, 9.17) is 0 Å². The molecule has 0 unspecified atom stereocenters. The lowest BCUT2D eigenvalue weighted by atomic mass is 10.2. The van der Waals surface area contributed by atoms with Gasteiger partial charge in [0, 0.05) is 11.3 Å². The topological polar surface area (TPSA) is 12.9 Å². The van der Waals surface area contributed by atoms with Gasteiger partial charge in [-0.25, -0.2) is 4.98 Å². The van der Waals surface area contributed by atoms with Gasteiger partial charge in [-0.15, -0.1) is 11.3 Å². The molecule has 0 radical (unpaired) electrons. The van der Waals surface area contributed by atoms with Gasteiger partial charge in [-0.1, -0.05) is 42.0 Å². The molecule has 13 heavy (non-hydrogen) atoms. The molecule has 0 saturated heterocycles. The maximum absolute atomic E-state index is 4.45. The Balaban J connectivity index is 0. The third kappa shape index (κ3) is 5.04. The molecule has 1 aromatic rings. The quantitative estimate of drug-likeness (QED) is 0.687. The lowest BCUT2D eigenvalue weighted by Gasteiger charge is -1.95. The molecule has 0 spiro atoms. The van der Waals surface area contributed by atoms with E-state index in [0.717, 1.165) is 6.42 Å². The lowest BCUT2D eigenvalue weighted by Crippen LogP contribution is -1.86. The van der Waals surface area contributed by atoms with Crippen molar-refractivity contribution in [3.8, 4) is 0 Å². The summed E-state index contributed by atoms with van der Waals surface area (Å²) in [6, 6.07) is 0. The Morgan fingerprint density at radius 3 is 2.15 bits per heavy atom. The van der Waals surface area contributed by atoms with Crippen molar-refractivity contribution in [2.45, 2.75) is 54.4 Å². The highest BCUT2D eigenvalue weighted by Crippen LogP contribution is 2.18. The van der Waals surface area contributed by atoms with E-state index in [9.17, 15) is 0 Å². The number of rotatable bonds is 2. The van der Waals surface area contributed by atoms with Gasteiger partial charge in [0.05, 0.1) is 10.7 Å². The number of hydrogen-bond acceptors (Lipinski definition) is 2. The summed E-state index contributed by atoms with van der Waals surface area (Å²) in [5, 5.41) is 3.41. The van der Waals surface area contributed by atoms with Gasteiger partial charge < -0.3 is 0 Å². The fourth-order valence-electron chi connectivity index (χ4n) is 0.750. The number of nitrogens with zero attached hydrogens (tertiary/aromatic N) is 1. The van der Waals surface area contributed by atoms with Crippen LogP contribution in [0.2, 0.25) is 0 Å². The van der Waals surface area contributed by atoms with Gasteiger partial charge >= 0.3 is 0 Å². The number of hydrogen-bond donors (Lipinski definition) is 0. The van der Waals surface area contributed by atoms with Crippen molar-refractivity contribution in [2.75, 3.05) is 0 Å². The summed E-state index contributed by atoms with van der Waals surface area (Å²) in [6.07, 6.45) is 1.06. The van der Waals surface area contributed by atoms with E-state index in [0.29, 0.717) is 5.92 Å². The lowest BCUT2D eigenvalue weighted by molar-refractivity contribution is 0.840. The molecule has 1 rings (SSSR count). The zero-order valence-electron chi connectivity index (χ0n) is 8.72. The van der Waals surface area contributed by atoms with Crippen LogP contribution < -0.4 is 0 Å². The van der Waals surface area contributed by atoms with Crippen LogP contribution in [0.1, 0.15) is 58.7 Å². The summed E-state index contributed by atoms with van der Waals surface area (Å²) in [6.45, 7) is 10.5. The molecule has 2 heteroatoms. The fourth-order valence-corrected chi connectivity index (χ4v) is 1.67. The first kappa shape index (κ1) is 15.1. The predicted molar refractivity (Wildman–Crippen MR) is 63.7 cm³/mol. The standard InChI is InChI=1S/C8H13NS.C2H6.CH4/c1-4-7-5-10-8(9-7)6(2)3;1-2;/h5-6H,4H2,1-3H3;1-2H3;1H4. The first-order chi connectivity index (χ1) is 5.74. The first-order valence-electron chi connectivity index (χ1n) is 4.68. The van der Waals surface area contributed by atoms with Gasteiger partial charge in [0.1, 0.15) is 0 Å². The van der Waals surface area contributed by atoms with Crippen LogP contribution in [-0.4, -0.2) is 4.98 Å². The van der Waals surface area contributed by atoms with Gasteiger partial charge in [-0.05, 0) is 6.42 Å². The van der Waals surface area contributed by atoms with Crippen molar-refractivity contribution in [2.24, 2.45) is 0 Å².